The predicted molar refractivity (Wildman–Crippen MR) is 68.5 cm³/mol. The van der Waals surface area contributed by atoms with Crippen molar-refractivity contribution < 1.29 is 3.79 Å². The van der Waals surface area contributed by atoms with Crippen LogP contribution in [-0.4, -0.2) is 20.6 Å². The Balaban J connectivity index is 1.98. The van der Waals surface area contributed by atoms with Gasteiger partial charge in [0, 0.05) is 6.10 Å². The molecule has 0 atom stereocenters. The molecule has 88 valence electrons. The molecule has 1 saturated carbocycles. The molecule has 0 aliphatic heterocycles. The van der Waals surface area contributed by atoms with Crippen LogP contribution in [0.4, 0.5) is 0 Å². The fourth-order valence-corrected chi connectivity index (χ4v) is 4.39. The maximum Gasteiger partial charge on any atom is 0.457 e. The van der Waals surface area contributed by atoms with Crippen molar-refractivity contribution in [2.45, 2.75) is 81.9 Å². The molecule has 0 heterocycles. The Morgan fingerprint density at radius 1 is 1.07 bits per heavy atom. The van der Waals surface area contributed by atoms with E-state index in [1.54, 1.807) is 0 Å². The summed E-state index contributed by atoms with van der Waals surface area (Å²) in [4.78, 5) is 0. The zero-order valence-corrected chi connectivity index (χ0v) is 11.8. The number of hydrogen-bond donors (Lipinski definition) is 0. The van der Waals surface area contributed by atoms with Crippen LogP contribution in [0.15, 0.2) is 0 Å². The van der Waals surface area contributed by atoms with E-state index >= 15 is 0 Å². The van der Waals surface area contributed by atoms with E-state index in [0.29, 0.717) is 6.10 Å². The van der Waals surface area contributed by atoms with E-state index in [9.17, 15) is 0 Å². The van der Waals surface area contributed by atoms with Gasteiger partial charge in [-0.05, 0) is 12.8 Å². The SMILES string of the molecule is CCCCC[CH2][Al]([CH3])[O]C1CCCCC1. The first-order chi connectivity index (χ1) is 7.33. The summed E-state index contributed by atoms with van der Waals surface area (Å²) in [5.74, 6) is 2.39. The van der Waals surface area contributed by atoms with E-state index < -0.39 is 14.5 Å². The van der Waals surface area contributed by atoms with E-state index in [-0.39, 0.29) is 0 Å². The summed E-state index contributed by atoms with van der Waals surface area (Å²) in [6.45, 7) is 2.28. The molecule has 2 heteroatoms. The van der Waals surface area contributed by atoms with Gasteiger partial charge in [0.25, 0.3) is 0 Å². The van der Waals surface area contributed by atoms with Gasteiger partial charge in [-0.25, -0.2) is 0 Å². The van der Waals surface area contributed by atoms with Crippen molar-refractivity contribution in [3.05, 3.63) is 0 Å². The first-order valence-corrected chi connectivity index (χ1v) is 9.42. The molecule has 1 fully saturated rings. The van der Waals surface area contributed by atoms with Crippen molar-refractivity contribution >= 4 is 14.5 Å². The molecule has 0 saturated heterocycles. The molecule has 0 aromatic carbocycles. The van der Waals surface area contributed by atoms with Crippen molar-refractivity contribution in [2.24, 2.45) is 0 Å². The number of unbranched alkanes of at least 4 members (excludes halogenated alkanes) is 3. The third kappa shape index (κ3) is 6.61. The third-order valence-electron chi connectivity index (χ3n) is 3.44. The molecule has 0 aromatic rings. The Kier molecular flexibility index (Phi) is 7.79. The van der Waals surface area contributed by atoms with E-state index in [1.165, 1.54) is 63.1 Å². The van der Waals surface area contributed by atoms with Crippen LogP contribution < -0.4 is 0 Å². The van der Waals surface area contributed by atoms with Gasteiger partial charge in [0.2, 0.25) is 0 Å². The first-order valence-electron chi connectivity index (χ1n) is 6.98. The number of rotatable bonds is 7. The third-order valence-corrected chi connectivity index (χ3v) is 5.51. The lowest BCUT2D eigenvalue weighted by Crippen LogP contribution is -2.25. The molecule has 1 aliphatic carbocycles. The van der Waals surface area contributed by atoms with Gasteiger partial charge in [-0.15, -0.1) is 0 Å². The largest absolute Gasteiger partial charge is 0.498 e. The lowest BCUT2D eigenvalue weighted by Gasteiger charge is -2.25. The zero-order chi connectivity index (χ0) is 10.9. The topological polar surface area (TPSA) is 9.23 Å². The van der Waals surface area contributed by atoms with Gasteiger partial charge < -0.3 is 3.79 Å². The van der Waals surface area contributed by atoms with Crippen LogP contribution in [0, 0.1) is 0 Å². The van der Waals surface area contributed by atoms with Crippen LogP contribution in [0.25, 0.3) is 0 Å². The standard InChI is InChI=1S/C6H11O.C6H13.CH3.Al/c7-6-4-2-1-3-5-6;1-3-5-6-4-2;;/h6H,1-5H2;1,3-6H2,2H3;1H3;/q-1;;;+1. The number of hydrogen-bond acceptors (Lipinski definition) is 1. The van der Waals surface area contributed by atoms with Gasteiger partial charge in [-0.2, -0.15) is 0 Å². The second-order valence-electron chi connectivity index (χ2n) is 5.06. The minimum absolute atomic E-state index is 0.645. The van der Waals surface area contributed by atoms with Gasteiger partial charge in [0.1, 0.15) is 0 Å². The minimum Gasteiger partial charge on any atom is -0.498 e. The molecule has 1 aliphatic rings. The van der Waals surface area contributed by atoms with Crippen molar-refractivity contribution in [1.29, 1.82) is 0 Å². The normalized spacial score (nSPS) is 18.0. The molecule has 15 heavy (non-hydrogen) atoms. The van der Waals surface area contributed by atoms with E-state index in [1.807, 2.05) is 0 Å². The van der Waals surface area contributed by atoms with Gasteiger partial charge in [-0.1, -0.05) is 62.9 Å². The lowest BCUT2D eigenvalue weighted by molar-refractivity contribution is 0.154. The van der Waals surface area contributed by atoms with Gasteiger partial charge in [0.15, 0.2) is 0 Å². The molecule has 1 rings (SSSR count). The van der Waals surface area contributed by atoms with Crippen LogP contribution >= 0.6 is 0 Å². The highest BCUT2D eigenvalue weighted by atomic mass is 27.2. The van der Waals surface area contributed by atoms with Crippen LogP contribution in [0.1, 0.15) is 64.7 Å². The molecule has 1 nitrogen and oxygen atoms in total. The Labute approximate surface area is 100 Å². The highest BCUT2D eigenvalue weighted by Gasteiger charge is 2.20. The minimum atomic E-state index is -0.818. The maximum absolute atomic E-state index is 6.21. The smallest absolute Gasteiger partial charge is 0.457 e. The van der Waals surface area contributed by atoms with Crippen molar-refractivity contribution in [3.63, 3.8) is 0 Å². The van der Waals surface area contributed by atoms with Gasteiger partial charge in [0.05, 0.1) is 0 Å². The summed E-state index contributed by atoms with van der Waals surface area (Å²) in [6.07, 6.45) is 13.2. The van der Waals surface area contributed by atoms with Crippen molar-refractivity contribution in [3.8, 4) is 0 Å². The fraction of sp³-hybridized carbons (Fsp3) is 1.00. The molecule has 0 bridgehead atoms. The average molecular weight is 226 g/mol. The predicted octanol–water partition coefficient (Wildman–Crippen LogP) is 4.54. The zero-order valence-electron chi connectivity index (χ0n) is 10.6. The molecule has 0 radical (unpaired) electrons. The Hall–Kier alpha value is 0.492. The van der Waals surface area contributed by atoms with E-state index in [0.717, 1.165) is 0 Å². The monoisotopic (exact) mass is 226 g/mol. The summed E-state index contributed by atoms with van der Waals surface area (Å²) in [7, 11) is 0. The van der Waals surface area contributed by atoms with Crippen LogP contribution in [0.3, 0.4) is 0 Å². The van der Waals surface area contributed by atoms with Crippen LogP contribution in [0.2, 0.25) is 11.1 Å². The highest BCUT2D eigenvalue weighted by Crippen LogP contribution is 2.21. The van der Waals surface area contributed by atoms with Gasteiger partial charge >= 0.3 is 14.5 Å². The second-order valence-corrected chi connectivity index (χ2v) is 7.53. The van der Waals surface area contributed by atoms with E-state index in [4.69, 9.17) is 3.79 Å². The molecule has 0 N–H and O–H groups in total. The molecular weight excluding hydrogens is 199 g/mol. The van der Waals surface area contributed by atoms with Crippen LogP contribution in [0.5, 0.6) is 0 Å². The summed E-state index contributed by atoms with van der Waals surface area (Å²) < 4.78 is 6.21. The Morgan fingerprint density at radius 2 is 1.80 bits per heavy atom. The molecule has 0 amide bonds. The average Bonchev–Trinajstić information content (AvgIpc) is 2.26. The first kappa shape index (κ1) is 13.6. The lowest BCUT2D eigenvalue weighted by atomic mass is 9.98. The Morgan fingerprint density at radius 3 is 2.47 bits per heavy atom. The summed E-state index contributed by atoms with van der Waals surface area (Å²) >= 11 is -0.818. The van der Waals surface area contributed by atoms with E-state index in [2.05, 4.69) is 12.7 Å². The van der Waals surface area contributed by atoms with Crippen molar-refractivity contribution in [2.75, 3.05) is 0 Å². The second kappa shape index (κ2) is 8.62. The molecular formula is C13H27AlO. The van der Waals surface area contributed by atoms with Crippen LogP contribution in [-0.2, 0) is 3.79 Å². The van der Waals surface area contributed by atoms with Gasteiger partial charge in [-0.3, -0.25) is 0 Å². The molecule has 0 aromatic heterocycles. The summed E-state index contributed by atoms with van der Waals surface area (Å²) in [5.41, 5.74) is 0. The quantitative estimate of drug-likeness (QED) is 0.457. The van der Waals surface area contributed by atoms with Crippen molar-refractivity contribution in [1.82, 2.24) is 0 Å². The molecule has 0 unspecified atom stereocenters. The molecule has 0 spiro atoms. The summed E-state index contributed by atoms with van der Waals surface area (Å²) in [5, 5.41) is 1.40. The summed E-state index contributed by atoms with van der Waals surface area (Å²) in [6, 6.07) is 0. The fourth-order valence-electron chi connectivity index (χ4n) is 2.46. The highest BCUT2D eigenvalue weighted by molar-refractivity contribution is 6.50. The Bertz CT molecular complexity index is 143. The maximum atomic E-state index is 6.21.